The van der Waals surface area contributed by atoms with E-state index in [1.807, 2.05) is 32.9 Å². The molecule has 0 aliphatic carbocycles. The Morgan fingerprint density at radius 1 is 1.15 bits per heavy atom. The van der Waals surface area contributed by atoms with E-state index in [1.165, 1.54) is 5.56 Å². The Labute approximate surface area is 151 Å². The van der Waals surface area contributed by atoms with Crippen LogP contribution in [0.4, 0.5) is 5.82 Å². The monoisotopic (exact) mass is 353 g/mol. The lowest BCUT2D eigenvalue weighted by Crippen LogP contribution is -2.14. The molecule has 0 saturated carbocycles. The van der Waals surface area contributed by atoms with Crippen molar-refractivity contribution in [3.05, 3.63) is 57.0 Å². The molecular formula is C19H23N5O2. The number of H-pyrrole nitrogens is 1. The Balaban J connectivity index is 1.59. The van der Waals surface area contributed by atoms with E-state index in [-0.39, 0.29) is 5.56 Å². The van der Waals surface area contributed by atoms with Crippen LogP contribution in [0.15, 0.2) is 27.6 Å². The van der Waals surface area contributed by atoms with Crippen molar-refractivity contribution >= 4 is 5.82 Å². The minimum absolute atomic E-state index is 0.117. The fourth-order valence-corrected chi connectivity index (χ4v) is 2.76. The second kappa shape index (κ2) is 7.51. The fourth-order valence-electron chi connectivity index (χ4n) is 2.76. The molecule has 136 valence electrons. The number of nitrogens with zero attached hydrogens (tertiary/aromatic N) is 3. The summed E-state index contributed by atoms with van der Waals surface area (Å²) < 4.78 is 5.18. The molecule has 7 heteroatoms. The van der Waals surface area contributed by atoms with E-state index < -0.39 is 0 Å². The summed E-state index contributed by atoms with van der Waals surface area (Å²) in [6, 6.07) is 3.79. The lowest BCUT2D eigenvalue weighted by Gasteiger charge is -2.07. The summed E-state index contributed by atoms with van der Waals surface area (Å²) in [6.45, 7) is 8.29. The third-order valence-electron chi connectivity index (χ3n) is 4.52. The van der Waals surface area contributed by atoms with Crippen LogP contribution < -0.4 is 10.9 Å². The summed E-state index contributed by atoms with van der Waals surface area (Å²) in [5, 5.41) is 7.27. The van der Waals surface area contributed by atoms with E-state index in [4.69, 9.17) is 4.52 Å². The van der Waals surface area contributed by atoms with E-state index in [2.05, 4.69) is 25.4 Å². The zero-order chi connectivity index (χ0) is 18.7. The number of aromatic nitrogens is 4. The highest BCUT2D eigenvalue weighted by molar-refractivity contribution is 5.56. The molecule has 3 aromatic heterocycles. The average Bonchev–Trinajstić information content (AvgIpc) is 2.95. The first-order valence-electron chi connectivity index (χ1n) is 8.65. The lowest BCUT2D eigenvalue weighted by molar-refractivity contribution is 0.392. The van der Waals surface area contributed by atoms with Crippen LogP contribution in [-0.4, -0.2) is 26.7 Å². The van der Waals surface area contributed by atoms with Gasteiger partial charge in [-0.1, -0.05) is 5.16 Å². The zero-order valence-electron chi connectivity index (χ0n) is 15.5. The smallest absolute Gasteiger partial charge is 0.254 e. The van der Waals surface area contributed by atoms with Crippen molar-refractivity contribution in [3.63, 3.8) is 0 Å². The average molecular weight is 353 g/mol. The van der Waals surface area contributed by atoms with E-state index in [0.29, 0.717) is 11.4 Å². The van der Waals surface area contributed by atoms with Crippen molar-refractivity contribution in [2.24, 2.45) is 0 Å². The van der Waals surface area contributed by atoms with Crippen LogP contribution in [-0.2, 0) is 6.42 Å². The van der Waals surface area contributed by atoms with Gasteiger partial charge in [0.25, 0.3) is 5.56 Å². The molecule has 3 aromatic rings. The van der Waals surface area contributed by atoms with Crippen molar-refractivity contribution in [2.45, 2.75) is 40.5 Å². The summed E-state index contributed by atoms with van der Waals surface area (Å²) >= 11 is 0. The quantitative estimate of drug-likeness (QED) is 0.661. The van der Waals surface area contributed by atoms with Crippen molar-refractivity contribution in [2.75, 3.05) is 11.9 Å². The van der Waals surface area contributed by atoms with Gasteiger partial charge in [0.2, 0.25) is 0 Å². The predicted octanol–water partition coefficient (Wildman–Crippen LogP) is 3.10. The van der Waals surface area contributed by atoms with Gasteiger partial charge >= 0.3 is 0 Å². The minimum atomic E-state index is -0.117. The van der Waals surface area contributed by atoms with Gasteiger partial charge in [0, 0.05) is 35.1 Å². The van der Waals surface area contributed by atoms with Crippen LogP contribution in [0.25, 0.3) is 11.4 Å². The third-order valence-corrected chi connectivity index (χ3v) is 4.52. The largest absolute Gasteiger partial charge is 0.370 e. The van der Waals surface area contributed by atoms with Crippen molar-refractivity contribution in [1.29, 1.82) is 0 Å². The number of hydrogen-bond acceptors (Lipinski definition) is 6. The van der Waals surface area contributed by atoms with Crippen LogP contribution in [0, 0.1) is 27.7 Å². The summed E-state index contributed by atoms with van der Waals surface area (Å²) in [4.78, 5) is 23.5. The maximum atomic E-state index is 11.9. The number of hydrogen-bond donors (Lipinski definition) is 2. The Morgan fingerprint density at radius 2 is 1.96 bits per heavy atom. The second-order valence-corrected chi connectivity index (χ2v) is 6.39. The first-order valence-corrected chi connectivity index (χ1v) is 8.65. The molecule has 0 unspecified atom stereocenters. The van der Waals surface area contributed by atoms with Gasteiger partial charge in [-0.2, -0.15) is 0 Å². The molecule has 0 bridgehead atoms. The molecule has 0 radical (unpaired) electrons. The molecule has 0 spiro atoms. The molecule has 26 heavy (non-hydrogen) atoms. The SMILES string of the molecule is Cc1noc(C)c1CCCNc1ccc(-c2nc(C)c(C)c(=O)[nH]2)cn1. The van der Waals surface area contributed by atoms with Gasteiger partial charge in [0.05, 0.1) is 5.69 Å². The van der Waals surface area contributed by atoms with Crippen LogP contribution in [0.3, 0.4) is 0 Å². The van der Waals surface area contributed by atoms with Gasteiger partial charge in [-0.25, -0.2) is 9.97 Å². The Hall–Kier alpha value is -2.96. The highest BCUT2D eigenvalue weighted by Gasteiger charge is 2.09. The summed E-state index contributed by atoms with van der Waals surface area (Å²) in [7, 11) is 0. The van der Waals surface area contributed by atoms with Gasteiger partial charge in [0.1, 0.15) is 17.4 Å². The zero-order valence-corrected chi connectivity index (χ0v) is 15.5. The van der Waals surface area contributed by atoms with E-state index >= 15 is 0 Å². The van der Waals surface area contributed by atoms with Crippen molar-refractivity contribution < 1.29 is 4.52 Å². The van der Waals surface area contributed by atoms with Crippen molar-refractivity contribution in [3.8, 4) is 11.4 Å². The molecule has 0 fully saturated rings. The van der Waals surface area contributed by atoms with Gasteiger partial charge < -0.3 is 14.8 Å². The van der Waals surface area contributed by atoms with Gasteiger partial charge in [-0.3, -0.25) is 4.79 Å². The third kappa shape index (κ3) is 3.82. The molecule has 0 aliphatic rings. The predicted molar refractivity (Wildman–Crippen MR) is 100 cm³/mol. The van der Waals surface area contributed by atoms with Gasteiger partial charge in [0.15, 0.2) is 0 Å². The number of anilines is 1. The lowest BCUT2D eigenvalue weighted by atomic mass is 10.1. The maximum Gasteiger partial charge on any atom is 0.254 e. The van der Waals surface area contributed by atoms with E-state index in [1.54, 1.807) is 13.1 Å². The Kier molecular flexibility index (Phi) is 5.16. The normalized spacial score (nSPS) is 10.9. The van der Waals surface area contributed by atoms with Gasteiger partial charge in [-0.05, 0) is 52.7 Å². The molecule has 0 atom stereocenters. The molecule has 7 nitrogen and oxygen atoms in total. The molecule has 2 N–H and O–H groups in total. The molecule has 3 heterocycles. The Bertz CT molecular complexity index is 938. The molecule has 3 rings (SSSR count). The topological polar surface area (TPSA) is 96.7 Å². The first-order chi connectivity index (χ1) is 12.5. The second-order valence-electron chi connectivity index (χ2n) is 6.39. The standard InChI is InChI=1S/C19H23N5O2/c1-11-12(2)22-18(23-19(11)25)15-7-8-17(21-10-15)20-9-5-6-16-13(3)24-26-14(16)4/h7-8,10H,5-6,9H2,1-4H3,(H,20,21)(H,22,23,25). The number of nitrogens with one attached hydrogen (secondary N) is 2. The van der Waals surface area contributed by atoms with Crippen LogP contribution >= 0.6 is 0 Å². The van der Waals surface area contributed by atoms with Crippen LogP contribution in [0.2, 0.25) is 0 Å². The summed E-state index contributed by atoms with van der Waals surface area (Å²) in [6.07, 6.45) is 3.59. The molecule has 0 aliphatic heterocycles. The fraction of sp³-hybridized carbons (Fsp3) is 0.368. The van der Waals surface area contributed by atoms with Crippen molar-refractivity contribution in [1.82, 2.24) is 20.1 Å². The summed E-state index contributed by atoms with van der Waals surface area (Å²) in [5.74, 6) is 2.22. The van der Waals surface area contributed by atoms with E-state index in [9.17, 15) is 4.79 Å². The molecule has 0 amide bonds. The summed E-state index contributed by atoms with van der Waals surface area (Å²) in [5.41, 5.74) is 4.17. The molecule has 0 saturated heterocycles. The number of rotatable bonds is 6. The number of aromatic amines is 1. The van der Waals surface area contributed by atoms with Crippen LogP contribution in [0.1, 0.15) is 34.7 Å². The maximum absolute atomic E-state index is 11.9. The van der Waals surface area contributed by atoms with E-state index in [0.717, 1.165) is 47.9 Å². The van der Waals surface area contributed by atoms with Crippen LogP contribution in [0.5, 0.6) is 0 Å². The number of pyridine rings is 1. The molecular weight excluding hydrogens is 330 g/mol. The highest BCUT2D eigenvalue weighted by Crippen LogP contribution is 2.16. The highest BCUT2D eigenvalue weighted by atomic mass is 16.5. The first kappa shape index (κ1) is 17.8. The number of aryl methyl sites for hydroxylation is 3. The Morgan fingerprint density at radius 3 is 2.58 bits per heavy atom. The van der Waals surface area contributed by atoms with Gasteiger partial charge in [-0.15, -0.1) is 0 Å². The molecule has 0 aromatic carbocycles. The minimum Gasteiger partial charge on any atom is -0.370 e.